The molecular weight excluding hydrogens is 228 g/mol. The predicted molar refractivity (Wildman–Crippen MR) is 72.1 cm³/mol. The Balaban J connectivity index is 2.91. The summed E-state index contributed by atoms with van der Waals surface area (Å²) in [4.78, 5) is 16.1. The van der Waals surface area contributed by atoms with Crippen molar-refractivity contribution in [2.24, 2.45) is 0 Å². The molecule has 1 rings (SSSR count). The topological polar surface area (TPSA) is 51.2 Å². The van der Waals surface area contributed by atoms with Gasteiger partial charge in [0.25, 0.3) is 5.91 Å². The zero-order valence-corrected chi connectivity index (χ0v) is 11.4. The Labute approximate surface area is 108 Å². The van der Waals surface area contributed by atoms with Gasteiger partial charge in [-0.1, -0.05) is 0 Å². The molecule has 1 amide bonds. The molecule has 0 aromatic carbocycles. The number of aromatic nitrogens is 1. The first-order valence-corrected chi connectivity index (χ1v) is 5.98. The van der Waals surface area contributed by atoms with Crippen LogP contribution >= 0.6 is 0 Å². The van der Waals surface area contributed by atoms with Gasteiger partial charge in [-0.3, -0.25) is 9.78 Å². The molecule has 0 saturated heterocycles. The summed E-state index contributed by atoms with van der Waals surface area (Å²) in [6, 6.07) is 1.78. The van der Waals surface area contributed by atoms with Crippen molar-refractivity contribution in [1.82, 2.24) is 10.3 Å². The minimum Gasteiger partial charge on any atom is -0.501 e. The molecule has 1 aromatic rings. The molecule has 0 aliphatic heterocycles. The average molecular weight is 248 g/mol. The lowest BCUT2D eigenvalue weighted by atomic mass is 10.1. The lowest BCUT2D eigenvalue weighted by Gasteiger charge is -2.20. The fourth-order valence-corrected chi connectivity index (χ4v) is 1.37. The van der Waals surface area contributed by atoms with Gasteiger partial charge in [0.1, 0.15) is 0 Å². The van der Waals surface area contributed by atoms with E-state index in [1.54, 1.807) is 30.8 Å². The number of amides is 1. The van der Waals surface area contributed by atoms with Crippen LogP contribution in [0.5, 0.6) is 0 Å². The number of carbonyl (C=O) groups is 1. The van der Waals surface area contributed by atoms with Gasteiger partial charge in [-0.05, 0) is 45.4 Å². The van der Waals surface area contributed by atoms with E-state index in [1.165, 1.54) is 0 Å². The average Bonchev–Trinajstić information content (AvgIpc) is 2.27. The van der Waals surface area contributed by atoms with Crippen molar-refractivity contribution in [2.45, 2.75) is 33.2 Å². The van der Waals surface area contributed by atoms with Crippen molar-refractivity contribution in [2.75, 3.05) is 6.61 Å². The second-order valence-corrected chi connectivity index (χ2v) is 4.93. The number of ether oxygens (including phenoxy) is 1. The molecule has 0 aliphatic rings. The molecule has 0 aliphatic carbocycles. The van der Waals surface area contributed by atoms with E-state index < -0.39 is 0 Å². The maximum Gasteiger partial charge on any atom is 0.253 e. The van der Waals surface area contributed by atoms with Crippen LogP contribution in [0.25, 0.3) is 6.08 Å². The summed E-state index contributed by atoms with van der Waals surface area (Å²) in [7, 11) is 0. The molecule has 0 radical (unpaired) electrons. The third kappa shape index (κ3) is 4.57. The molecule has 0 fully saturated rings. The summed E-state index contributed by atoms with van der Waals surface area (Å²) in [5.74, 6) is -0.133. The molecule has 0 spiro atoms. The molecule has 0 saturated carbocycles. The molecular formula is C14H20N2O2. The number of hydrogen-bond donors (Lipinski definition) is 1. The van der Waals surface area contributed by atoms with Gasteiger partial charge < -0.3 is 10.1 Å². The van der Waals surface area contributed by atoms with E-state index in [0.29, 0.717) is 12.2 Å². The smallest absolute Gasteiger partial charge is 0.253 e. The van der Waals surface area contributed by atoms with Gasteiger partial charge in [0.15, 0.2) is 0 Å². The minimum absolute atomic E-state index is 0.133. The van der Waals surface area contributed by atoms with Crippen LogP contribution in [0.3, 0.4) is 0 Å². The van der Waals surface area contributed by atoms with E-state index in [9.17, 15) is 4.79 Å². The third-order valence-corrected chi connectivity index (χ3v) is 2.10. The van der Waals surface area contributed by atoms with E-state index in [-0.39, 0.29) is 11.4 Å². The van der Waals surface area contributed by atoms with Crippen LogP contribution in [-0.4, -0.2) is 23.0 Å². The summed E-state index contributed by atoms with van der Waals surface area (Å²) in [6.45, 7) is 8.33. The molecule has 4 heteroatoms. The first kappa shape index (κ1) is 14.2. The summed E-state index contributed by atoms with van der Waals surface area (Å²) in [5, 5.41) is 2.91. The standard InChI is InChI=1S/C14H20N2O2/c1-5-18-9-7-11-6-8-15-10-12(11)13(17)16-14(2,3)4/h6-10H,5H2,1-4H3,(H,16,17). The number of hydrogen-bond acceptors (Lipinski definition) is 3. The second-order valence-electron chi connectivity index (χ2n) is 4.93. The molecule has 18 heavy (non-hydrogen) atoms. The van der Waals surface area contributed by atoms with Gasteiger partial charge >= 0.3 is 0 Å². The number of pyridine rings is 1. The normalized spacial score (nSPS) is 11.6. The van der Waals surface area contributed by atoms with E-state index in [0.717, 1.165) is 5.56 Å². The molecule has 1 aromatic heterocycles. The number of nitrogens with zero attached hydrogens (tertiary/aromatic N) is 1. The van der Waals surface area contributed by atoms with E-state index in [4.69, 9.17) is 4.74 Å². The van der Waals surface area contributed by atoms with Gasteiger partial charge in [-0.15, -0.1) is 0 Å². The summed E-state index contributed by atoms with van der Waals surface area (Å²) >= 11 is 0. The van der Waals surface area contributed by atoms with E-state index in [1.807, 2.05) is 27.7 Å². The summed E-state index contributed by atoms with van der Waals surface area (Å²) < 4.78 is 5.14. The SMILES string of the molecule is CCOC=Cc1ccncc1C(=O)NC(C)(C)C. The second kappa shape index (κ2) is 6.19. The molecule has 0 atom stereocenters. The Morgan fingerprint density at radius 3 is 2.83 bits per heavy atom. The highest BCUT2D eigenvalue weighted by atomic mass is 16.5. The third-order valence-electron chi connectivity index (χ3n) is 2.10. The molecule has 0 unspecified atom stereocenters. The monoisotopic (exact) mass is 248 g/mol. The number of rotatable bonds is 4. The Bertz CT molecular complexity index is 434. The molecule has 1 N–H and O–H groups in total. The Hall–Kier alpha value is -1.84. The first-order chi connectivity index (χ1) is 8.44. The van der Waals surface area contributed by atoms with Crippen molar-refractivity contribution in [3.05, 3.63) is 35.8 Å². The van der Waals surface area contributed by atoms with Gasteiger partial charge in [-0.2, -0.15) is 0 Å². The highest BCUT2D eigenvalue weighted by molar-refractivity contribution is 5.97. The highest BCUT2D eigenvalue weighted by Crippen LogP contribution is 2.11. The quantitative estimate of drug-likeness (QED) is 0.833. The molecule has 1 heterocycles. The highest BCUT2D eigenvalue weighted by Gasteiger charge is 2.17. The van der Waals surface area contributed by atoms with Crippen molar-refractivity contribution >= 4 is 12.0 Å². The molecule has 98 valence electrons. The zero-order valence-electron chi connectivity index (χ0n) is 11.4. The van der Waals surface area contributed by atoms with Gasteiger partial charge in [0.05, 0.1) is 18.4 Å². The Kier molecular flexibility index (Phi) is 4.89. The Morgan fingerprint density at radius 2 is 2.22 bits per heavy atom. The van der Waals surface area contributed by atoms with Gasteiger partial charge in [-0.25, -0.2) is 0 Å². The van der Waals surface area contributed by atoms with Gasteiger partial charge in [0, 0.05) is 17.9 Å². The largest absolute Gasteiger partial charge is 0.501 e. The van der Waals surface area contributed by atoms with Crippen LogP contribution in [0.4, 0.5) is 0 Å². The zero-order chi connectivity index (χ0) is 13.6. The Morgan fingerprint density at radius 1 is 1.50 bits per heavy atom. The maximum atomic E-state index is 12.1. The molecule has 0 bridgehead atoms. The fourth-order valence-electron chi connectivity index (χ4n) is 1.37. The fraction of sp³-hybridized carbons (Fsp3) is 0.429. The van der Waals surface area contributed by atoms with Crippen LogP contribution in [0.1, 0.15) is 43.6 Å². The van der Waals surface area contributed by atoms with Crippen molar-refractivity contribution < 1.29 is 9.53 Å². The lowest BCUT2D eigenvalue weighted by Crippen LogP contribution is -2.40. The summed E-state index contributed by atoms with van der Waals surface area (Å²) in [6.07, 6.45) is 6.57. The summed E-state index contributed by atoms with van der Waals surface area (Å²) in [5.41, 5.74) is 1.07. The van der Waals surface area contributed by atoms with Gasteiger partial charge in [0.2, 0.25) is 0 Å². The van der Waals surface area contributed by atoms with Crippen LogP contribution in [0.15, 0.2) is 24.7 Å². The van der Waals surface area contributed by atoms with Crippen LogP contribution in [0, 0.1) is 0 Å². The minimum atomic E-state index is -0.270. The number of nitrogens with one attached hydrogen (secondary N) is 1. The van der Waals surface area contributed by atoms with E-state index >= 15 is 0 Å². The van der Waals surface area contributed by atoms with Crippen LogP contribution < -0.4 is 5.32 Å². The van der Waals surface area contributed by atoms with Crippen molar-refractivity contribution in [1.29, 1.82) is 0 Å². The predicted octanol–water partition coefficient (Wildman–Crippen LogP) is 2.62. The van der Waals surface area contributed by atoms with Crippen LogP contribution in [0.2, 0.25) is 0 Å². The van der Waals surface area contributed by atoms with Crippen molar-refractivity contribution in [3.63, 3.8) is 0 Å². The number of carbonyl (C=O) groups excluding carboxylic acids is 1. The lowest BCUT2D eigenvalue weighted by molar-refractivity contribution is 0.0919. The molecule has 4 nitrogen and oxygen atoms in total. The van der Waals surface area contributed by atoms with Crippen molar-refractivity contribution in [3.8, 4) is 0 Å². The van der Waals surface area contributed by atoms with E-state index in [2.05, 4.69) is 10.3 Å². The van der Waals surface area contributed by atoms with Crippen LogP contribution in [-0.2, 0) is 4.74 Å². The maximum absolute atomic E-state index is 12.1. The first-order valence-electron chi connectivity index (χ1n) is 5.98.